The Morgan fingerprint density at radius 3 is 3.05 bits per heavy atom. The molecule has 1 amide bonds. The molecule has 0 saturated carbocycles. The molecule has 3 heterocycles. The number of rotatable bonds is 2. The van der Waals surface area contributed by atoms with Crippen molar-refractivity contribution in [3.63, 3.8) is 0 Å². The molecule has 0 fully saturated rings. The van der Waals surface area contributed by atoms with Crippen LogP contribution in [0.2, 0.25) is 0 Å². The van der Waals surface area contributed by atoms with Gasteiger partial charge in [0.25, 0.3) is 5.56 Å². The third-order valence-corrected chi connectivity index (χ3v) is 3.55. The highest BCUT2D eigenvalue weighted by Crippen LogP contribution is 2.15. The molecule has 2 aromatic heterocycles. The maximum Gasteiger partial charge on any atom is 0.263 e. The molecule has 0 N–H and O–H groups in total. The number of methoxy groups -OCH3 is 1. The number of fused-ring (bicyclic) bond motifs is 2. The van der Waals surface area contributed by atoms with Crippen molar-refractivity contribution in [1.29, 1.82) is 0 Å². The normalized spacial score (nSPS) is 14.3. The van der Waals surface area contributed by atoms with Crippen LogP contribution in [-0.2, 0) is 22.5 Å². The van der Waals surface area contributed by atoms with Crippen LogP contribution < -0.4 is 5.56 Å². The third-order valence-electron chi connectivity index (χ3n) is 3.55. The minimum Gasteiger partial charge on any atom is -0.375 e. The lowest BCUT2D eigenvalue weighted by Crippen LogP contribution is -2.41. The number of aromatic nitrogens is 2. The van der Waals surface area contributed by atoms with Gasteiger partial charge in [0.2, 0.25) is 5.91 Å². The number of halogens is 1. The molecule has 0 aliphatic carbocycles. The number of nitrogens with zero attached hydrogens (tertiary/aromatic N) is 3. The van der Waals surface area contributed by atoms with E-state index < -0.39 is 5.82 Å². The standard InChI is InChI=1S/C14H14FN3O3/c1-21-8-13(19)17-5-4-11-10(7-17)14(20)18-6-9(15)2-3-12(18)16-11/h2-3,6H,4-5,7-8H2,1H3. The van der Waals surface area contributed by atoms with E-state index in [1.165, 1.54) is 23.6 Å². The van der Waals surface area contributed by atoms with Gasteiger partial charge in [-0.15, -0.1) is 0 Å². The highest BCUT2D eigenvalue weighted by atomic mass is 19.1. The molecule has 21 heavy (non-hydrogen) atoms. The first-order valence-electron chi connectivity index (χ1n) is 6.56. The van der Waals surface area contributed by atoms with Gasteiger partial charge >= 0.3 is 0 Å². The van der Waals surface area contributed by atoms with E-state index in [1.54, 1.807) is 4.90 Å². The summed E-state index contributed by atoms with van der Waals surface area (Å²) in [7, 11) is 1.45. The molecular weight excluding hydrogens is 277 g/mol. The minimum atomic E-state index is -0.505. The average Bonchev–Trinajstić information content (AvgIpc) is 2.48. The summed E-state index contributed by atoms with van der Waals surface area (Å²) in [5, 5.41) is 0. The topological polar surface area (TPSA) is 63.9 Å². The maximum absolute atomic E-state index is 13.3. The molecule has 0 saturated heterocycles. The fraction of sp³-hybridized carbons (Fsp3) is 0.357. The van der Waals surface area contributed by atoms with Crippen LogP contribution in [0.3, 0.4) is 0 Å². The van der Waals surface area contributed by atoms with Gasteiger partial charge in [-0.25, -0.2) is 9.37 Å². The summed E-state index contributed by atoms with van der Waals surface area (Å²) in [5.41, 5.74) is 1.20. The Labute approximate surface area is 119 Å². The molecule has 2 aromatic rings. The van der Waals surface area contributed by atoms with E-state index in [2.05, 4.69) is 4.98 Å². The Balaban J connectivity index is 2.05. The molecule has 0 atom stereocenters. The Hall–Kier alpha value is -2.28. The first-order valence-corrected chi connectivity index (χ1v) is 6.56. The molecule has 1 aliphatic heterocycles. The summed E-state index contributed by atoms with van der Waals surface area (Å²) >= 11 is 0. The van der Waals surface area contributed by atoms with Crippen molar-refractivity contribution in [1.82, 2.24) is 14.3 Å². The average molecular weight is 291 g/mol. The van der Waals surface area contributed by atoms with Crippen molar-refractivity contribution < 1.29 is 13.9 Å². The first kappa shape index (κ1) is 13.7. The second kappa shape index (κ2) is 5.25. The summed E-state index contributed by atoms with van der Waals surface area (Å²) in [4.78, 5) is 30.2. The van der Waals surface area contributed by atoms with Crippen molar-refractivity contribution in [2.45, 2.75) is 13.0 Å². The lowest BCUT2D eigenvalue weighted by Gasteiger charge is -2.27. The fourth-order valence-corrected chi connectivity index (χ4v) is 2.50. The van der Waals surface area contributed by atoms with Crippen LogP contribution in [0, 0.1) is 5.82 Å². The SMILES string of the molecule is COCC(=O)N1CCc2nc3ccc(F)cn3c(=O)c2C1. The molecule has 0 radical (unpaired) electrons. The predicted molar refractivity (Wildman–Crippen MR) is 72.4 cm³/mol. The van der Waals surface area contributed by atoms with Gasteiger partial charge in [-0.2, -0.15) is 0 Å². The molecule has 0 unspecified atom stereocenters. The van der Waals surface area contributed by atoms with Gasteiger partial charge in [0.05, 0.1) is 17.8 Å². The molecule has 110 valence electrons. The van der Waals surface area contributed by atoms with Crippen LogP contribution >= 0.6 is 0 Å². The smallest absolute Gasteiger partial charge is 0.263 e. The summed E-state index contributed by atoms with van der Waals surface area (Å²) in [6.07, 6.45) is 1.62. The van der Waals surface area contributed by atoms with E-state index in [0.29, 0.717) is 29.9 Å². The van der Waals surface area contributed by atoms with E-state index in [0.717, 1.165) is 6.20 Å². The quantitative estimate of drug-likeness (QED) is 0.801. The number of pyridine rings is 1. The number of hydrogen-bond donors (Lipinski definition) is 0. The van der Waals surface area contributed by atoms with Crippen molar-refractivity contribution in [3.05, 3.63) is 45.8 Å². The summed E-state index contributed by atoms with van der Waals surface area (Å²) < 4.78 is 19.3. The van der Waals surface area contributed by atoms with Gasteiger partial charge < -0.3 is 9.64 Å². The van der Waals surface area contributed by atoms with Gasteiger partial charge in [-0.1, -0.05) is 0 Å². The van der Waals surface area contributed by atoms with Crippen molar-refractivity contribution >= 4 is 11.6 Å². The monoisotopic (exact) mass is 291 g/mol. The van der Waals surface area contributed by atoms with E-state index in [4.69, 9.17) is 4.74 Å². The van der Waals surface area contributed by atoms with Gasteiger partial charge in [-0.3, -0.25) is 14.0 Å². The molecule has 3 rings (SSSR count). The Kier molecular flexibility index (Phi) is 3.42. The Morgan fingerprint density at radius 2 is 2.29 bits per heavy atom. The number of carbonyl (C=O) groups excluding carboxylic acids is 1. The largest absolute Gasteiger partial charge is 0.375 e. The van der Waals surface area contributed by atoms with E-state index in [1.807, 2.05) is 0 Å². The maximum atomic E-state index is 13.3. The van der Waals surface area contributed by atoms with Crippen molar-refractivity contribution in [3.8, 4) is 0 Å². The molecule has 1 aliphatic rings. The molecule has 0 aromatic carbocycles. The lowest BCUT2D eigenvalue weighted by atomic mass is 10.1. The zero-order valence-electron chi connectivity index (χ0n) is 11.5. The molecular formula is C14H14FN3O3. The van der Waals surface area contributed by atoms with E-state index in [9.17, 15) is 14.0 Å². The van der Waals surface area contributed by atoms with E-state index in [-0.39, 0.29) is 24.6 Å². The summed E-state index contributed by atoms with van der Waals surface area (Å²) in [6.45, 7) is 0.661. The van der Waals surface area contributed by atoms with Gasteiger partial charge in [0.15, 0.2) is 0 Å². The number of carbonyl (C=O) groups is 1. The van der Waals surface area contributed by atoms with Crippen LogP contribution in [0.4, 0.5) is 4.39 Å². The molecule has 7 heteroatoms. The fourth-order valence-electron chi connectivity index (χ4n) is 2.50. The van der Waals surface area contributed by atoms with E-state index >= 15 is 0 Å². The zero-order chi connectivity index (χ0) is 15.0. The predicted octanol–water partition coefficient (Wildman–Crippen LogP) is 0.365. The number of hydrogen-bond acceptors (Lipinski definition) is 4. The van der Waals surface area contributed by atoms with Crippen molar-refractivity contribution in [2.75, 3.05) is 20.3 Å². The first-order chi connectivity index (χ1) is 10.1. The molecule has 0 spiro atoms. The van der Waals surface area contributed by atoms with Gasteiger partial charge in [0.1, 0.15) is 18.1 Å². The molecule has 0 bridgehead atoms. The van der Waals surface area contributed by atoms with Gasteiger partial charge in [-0.05, 0) is 12.1 Å². The van der Waals surface area contributed by atoms with Crippen LogP contribution in [0.15, 0.2) is 23.1 Å². The lowest BCUT2D eigenvalue weighted by molar-refractivity contribution is -0.136. The van der Waals surface area contributed by atoms with Crippen LogP contribution in [-0.4, -0.2) is 40.5 Å². The number of amides is 1. The minimum absolute atomic E-state index is 0.0215. The molecule has 6 nitrogen and oxygen atoms in total. The highest BCUT2D eigenvalue weighted by molar-refractivity contribution is 5.77. The summed E-state index contributed by atoms with van der Waals surface area (Å²) in [6, 6.07) is 2.74. The van der Waals surface area contributed by atoms with Crippen molar-refractivity contribution in [2.24, 2.45) is 0 Å². The summed E-state index contributed by atoms with van der Waals surface area (Å²) in [5.74, 6) is -0.679. The van der Waals surface area contributed by atoms with Gasteiger partial charge in [0, 0.05) is 26.3 Å². The second-order valence-electron chi connectivity index (χ2n) is 4.92. The van der Waals surface area contributed by atoms with Crippen LogP contribution in [0.5, 0.6) is 0 Å². The number of ether oxygens (including phenoxy) is 1. The Morgan fingerprint density at radius 1 is 1.48 bits per heavy atom. The second-order valence-corrected chi connectivity index (χ2v) is 4.92. The highest BCUT2D eigenvalue weighted by Gasteiger charge is 2.24. The third kappa shape index (κ3) is 2.40. The van der Waals surface area contributed by atoms with Crippen LogP contribution in [0.25, 0.3) is 5.65 Å². The zero-order valence-corrected chi connectivity index (χ0v) is 11.5. The Bertz CT molecular complexity index is 772. The van der Waals surface area contributed by atoms with Crippen LogP contribution in [0.1, 0.15) is 11.3 Å².